The highest BCUT2D eigenvalue weighted by Crippen LogP contribution is 2.27. The van der Waals surface area contributed by atoms with Crippen molar-refractivity contribution in [2.24, 2.45) is 5.92 Å². The van der Waals surface area contributed by atoms with Gasteiger partial charge in [-0.05, 0) is 43.3 Å². The van der Waals surface area contributed by atoms with Crippen molar-refractivity contribution in [3.05, 3.63) is 54.1 Å². The van der Waals surface area contributed by atoms with Gasteiger partial charge in [-0.2, -0.15) is 0 Å². The van der Waals surface area contributed by atoms with Gasteiger partial charge in [0, 0.05) is 18.7 Å². The van der Waals surface area contributed by atoms with E-state index in [1.54, 1.807) is 36.4 Å². The lowest BCUT2D eigenvalue weighted by atomic mass is 10.1. The quantitative estimate of drug-likeness (QED) is 0.680. The number of amides is 3. The third-order valence-electron chi connectivity index (χ3n) is 4.40. The van der Waals surface area contributed by atoms with E-state index >= 15 is 0 Å². The van der Waals surface area contributed by atoms with E-state index in [0.717, 1.165) is 0 Å². The molecular weight excluding hydrogens is 362 g/mol. The van der Waals surface area contributed by atoms with E-state index in [1.807, 2.05) is 6.92 Å². The van der Waals surface area contributed by atoms with Crippen LogP contribution in [0.2, 0.25) is 0 Å². The first-order chi connectivity index (χ1) is 13.5. The Hall–Kier alpha value is -3.55. The number of hydrogen-bond acceptors (Lipinski definition) is 5. The third-order valence-corrected chi connectivity index (χ3v) is 4.40. The second-order valence-electron chi connectivity index (χ2n) is 6.29. The van der Waals surface area contributed by atoms with Crippen LogP contribution in [0.15, 0.2) is 48.5 Å². The van der Waals surface area contributed by atoms with Gasteiger partial charge in [-0.3, -0.25) is 25.2 Å². The van der Waals surface area contributed by atoms with Crippen molar-refractivity contribution in [3.63, 3.8) is 0 Å². The number of carbonyl (C=O) groups excluding carboxylic acids is 3. The van der Waals surface area contributed by atoms with Gasteiger partial charge in [0.2, 0.25) is 11.8 Å². The number of benzene rings is 2. The highest BCUT2D eigenvalue weighted by atomic mass is 16.5. The molecule has 0 unspecified atom stereocenters. The van der Waals surface area contributed by atoms with E-state index in [1.165, 1.54) is 17.0 Å². The highest BCUT2D eigenvalue weighted by Gasteiger charge is 2.35. The number of aromatic hydroxyl groups is 1. The molecule has 1 fully saturated rings. The summed E-state index contributed by atoms with van der Waals surface area (Å²) in [7, 11) is 0. The minimum Gasteiger partial charge on any atom is -0.507 e. The molecular formula is C20H21N3O5. The summed E-state index contributed by atoms with van der Waals surface area (Å²) in [6.07, 6.45) is 0.0471. The Balaban J connectivity index is 1.57. The summed E-state index contributed by atoms with van der Waals surface area (Å²) in [5.74, 6) is -1.35. The molecule has 1 aliphatic heterocycles. The van der Waals surface area contributed by atoms with Crippen molar-refractivity contribution < 1.29 is 24.2 Å². The summed E-state index contributed by atoms with van der Waals surface area (Å²) in [6, 6.07) is 13.1. The van der Waals surface area contributed by atoms with Gasteiger partial charge in [0.1, 0.15) is 11.5 Å². The van der Waals surface area contributed by atoms with E-state index in [-0.39, 0.29) is 30.2 Å². The van der Waals surface area contributed by atoms with Crippen LogP contribution in [0.25, 0.3) is 0 Å². The second kappa shape index (κ2) is 8.43. The smallest absolute Gasteiger partial charge is 0.273 e. The van der Waals surface area contributed by atoms with Crippen molar-refractivity contribution in [3.8, 4) is 11.5 Å². The number of carbonyl (C=O) groups is 3. The number of para-hydroxylation sites is 1. The number of hydrogen-bond donors (Lipinski definition) is 3. The van der Waals surface area contributed by atoms with Crippen LogP contribution in [-0.4, -0.2) is 36.0 Å². The van der Waals surface area contributed by atoms with Gasteiger partial charge in [0.25, 0.3) is 5.91 Å². The van der Waals surface area contributed by atoms with Crippen LogP contribution in [0.3, 0.4) is 0 Å². The van der Waals surface area contributed by atoms with Gasteiger partial charge in [0.15, 0.2) is 0 Å². The summed E-state index contributed by atoms with van der Waals surface area (Å²) in [5.41, 5.74) is 5.31. The summed E-state index contributed by atoms with van der Waals surface area (Å²) >= 11 is 0. The molecule has 0 bridgehead atoms. The standard InChI is InChI=1S/C20H21N3O5/c1-2-28-15-9-7-14(8-10-15)23-12-13(11-18(23)25)19(26)21-22-20(27)16-5-3-4-6-17(16)24/h3-10,13,24H,2,11-12H2,1H3,(H,21,26)(H,22,27)/t13-/m1/s1. The number of anilines is 1. The Bertz CT molecular complexity index is 882. The largest absolute Gasteiger partial charge is 0.507 e. The lowest BCUT2D eigenvalue weighted by molar-refractivity contribution is -0.126. The van der Waals surface area contributed by atoms with Gasteiger partial charge in [-0.25, -0.2) is 0 Å². The average molecular weight is 383 g/mol. The van der Waals surface area contributed by atoms with Crippen molar-refractivity contribution >= 4 is 23.4 Å². The molecule has 8 heteroatoms. The number of ether oxygens (including phenoxy) is 1. The molecule has 8 nitrogen and oxygen atoms in total. The van der Waals surface area contributed by atoms with E-state index in [4.69, 9.17) is 4.74 Å². The Morgan fingerprint density at radius 1 is 1.14 bits per heavy atom. The second-order valence-corrected chi connectivity index (χ2v) is 6.29. The molecule has 3 N–H and O–H groups in total. The Kier molecular flexibility index (Phi) is 5.78. The van der Waals surface area contributed by atoms with E-state index in [2.05, 4.69) is 10.9 Å². The lowest BCUT2D eigenvalue weighted by Gasteiger charge is -2.17. The summed E-state index contributed by atoms with van der Waals surface area (Å²) in [5, 5.41) is 9.67. The average Bonchev–Trinajstić information content (AvgIpc) is 3.09. The fourth-order valence-corrected chi connectivity index (χ4v) is 2.98. The highest BCUT2D eigenvalue weighted by molar-refractivity contribution is 6.01. The van der Waals surface area contributed by atoms with E-state index < -0.39 is 17.7 Å². The van der Waals surface area contributed by atoms with Gasteiger partial charge < -0.3 is 14.7 Å². The van der Waals surface area contributed by atoms with Crippen LogP contribution >= 0.6 is 0 Å². The molecule has 0 saturated carbocycles. The van der Waals surface area contributed by atoms with Gasteiger partial charge in [-0.1, -0.05) is 12.1 Å². The maximum atomic E-state index is 12.3. The molecule has 3 rings (SSSR count). The molecule has 28 heavy (non-hydrogen) atoms. The summed E-state index contributed by atoms with van der Waals surface area (Å²) < 4.78 is 5.38. The number of phenols is 1. The minimum absolute atomic E-state index is 0.0429. The topological polar surface area (TPSA) is 108 Å². The first-order valence-corrected chi connectivity index (χ1v) is 8.91. The molecule has 1 aliphatic rings. The zero-order chi connectivity index (χ0) is 20.1. The van der Waals surface area contributed by atoms with Crippen LogP contribution in [0, 0.1) is 5.92 Å². The number of rotatable bonds is 5. The molecule has 146 valence electrons. The Morgan fingerprint density at radius 2 is 1.86 bits per heavy atom. The van der Waals surface area contributed by atoms with Gasteiger partial charge in [0.05, 0.1) is 18.1 Å². The normalized spacial score (nSPS) is 16.0. The van der Waals surface area contributed by atoms with Crippen molar-refractivity contribution in [1.82, 2.24) is 10.9 Å². The zero-order valence-electron chi connectivity index (χ0n) is 15.3. The van der Waals surface area contributed by atoms with Gasteiger partial charge in [-0.15, -0.1) is 0 Å². The predicted molar refractivity (Wildman–Crippen MR) is 102 cm³/mol. The van der Waals surface area contributed by atoms with Crippen LogP contribution in [0.4, 0.5) is 5.69 Å². The Morgan fingerprint density at radius 3 is 2.54 bits per heavy atom. The maximum absolute atomic E-state index is 12.3. The number of phenolic OH excluding ortho intramolecular Hbond substituents is 1. The Labute approximate surface area is 162 Å². The maximum Gasteiger partial charge on any atom is 0.273 e. The summed E-state index contributed by atoms with van der Waals surface area (Å²) in [4.78, 5) is 38.2. The van der Waals surface area contributed by atoms with E-state index in [0.29, 0.717) is 18.0 Å². The first-order valence-electron chi connectivity index (χ1n) is 8.91. The number of nitrogens with one attached hydrogen (secondary N) is 2. The zero-order valence-corrected chi connectivity index (χ0v) is 15.3. The molecule has 3 amide bonds. The van der Waals surface area contributed by atoms with Gasteiger partial charge >= 0.3 is 0 Å². The molecule has 0 aromatic heterocycles. The predicted octanol–water partition coefficient (Wildman–Crippen LogP) is 1.60. The number of hydrazine groups is 1. The van der Waals surface area contributed by atoms with Crippen molar-refractivity contribution in [2.45, 2.75) is 13.3 Å². The molecule has 2 aromatic carbocycles. The number of nitrogens with zero attached hydrogens (tertiary/aromatic N) is 1. The summed E-state index contributed by atoms with van der Waals surface area (Å²) in [6.45, 7) is 2.65. The molecule has 0 aliphatic carbocycles. The SMILES string of the molecule is CCOc1ccc(N2C[C@H](C(=O)NNC(=O)c3ccccc3O)CC2=O)cc1. The lowest BCUT2D eigenvalue weighted by Crippen LogP contribution is -2.45. The van der Waals surface area contributed by atoms with Crippen LogP contribution in [0.1, 0.15) is 23.7 Å². The van der Waals surface area contributed by atoms with Crippen molar-refractivity contribution in [2.75, 3.05) is 18.1 Å². The minimum atomic E-state index is -0.640. The third kappa shape index (κ3) is 4.22. The van der Waals surface area contributed by atoms with Crippen molar-refractivity contribution in [1.29, 1.82) is 0 Å². The fourth-order valence-electron chi connectivity index (χ4n) is 2.98. The molecule has 1 saturated heterocycles. The molecule has 0 spiro atoms. The molecule has 0 radical (unpaired) electrons. The monoisotopic (exact) mass is 383 g/mol. The first kappa shape index (κ1) is 19.2. The van der Waals surface area contributed by atoms with Crippen LogP contribution in [0.5, 0.6) is 11.5 Å². The van der Waals surface area contributed by atoms with Crippen LogP contribution in [-0.2, 0) is 9.59 Å². The van der Waals surface area contributed by atoms with Crippen LogP contribution < -0.4 is 20.5 Å². The van der Waals surface area contributed by atoms with E-state index in [9.17, 15) is 19.5 Å². The fraction of sp³-hybridized carbons (Fsp3) is 0.250. The molecule has 1 heterocycles. The molecule has 2 aromatic rings. The molecule has 1 atom stereocenters.